The maximum absolute atomic E-state index is 11.1. The van der Waals surface area contributed by atoms with Crippen molar-refractivity contribution in [3.05, 3.63) is 0 Å². The highest BCUT2D eigenvalue weighted by Gasteiger charge is 2.13. The van der Waals surface area contributed by atoms with Gasteiger partial charge in [-0.15, -0.1) is 0 Å². The second-order valence-electron chi connectivity index (χ2n) is 3.66. The molecule has 0 aromatic heterocycles. The molecule has 2 atom stereocenters. The summed E-state index contributed by atoms with van der Waals surface area (Å²) in [5.74, 6) is -0.114. The van der Waals surface area contributed by atoms with E-state index in [2.05, 4.69) is 4.52 Å². The summed E-state index contributed by atoms with van der Waals surface area (Å²) < 4.78 is 20.3. The average molecular weight is 247 g/mol. The first kappa shape index (κ1) is 15.8. The Morgan fingerprint density at radius 2 is 2.19 bits per heavy atom. The van der Waals surface area contributed by atoms with Gasteiger partial charge < -0.3 is 23.5 Å². The minimum atomic E-state index is -3.68. The molecule has 2 radical (unpaired) electrons. The molecule has 0 aliphatic rings. The van der Waals surface area contributed by atoms with Crippen molar-refractivity contribution in [2.45, 2.75) is 19.2 Å². The lowest BCUT2D eigenvalue weighted by molar-refractivity contribution is -0.196. The van der Waals surface area contributed by atoms with Gasteiger partial charge in [0.15, 0.2) is 0 Å². The highest BCUT2D eigenvalue weighted by Crippen LogP contribution is 2.31. The summed E-state index contributed by atoms with van der Waals surface area (Å²) in [6.07, 6.45) is 0.745. The highest BCUT2D eigenvalue weighted by atomic mass is 31.2. The Kier molecular flexibility index (Phi) is 7.93. The fraction of sp³-hybridized carbons (Fsp3) is 0.889. The number of carbonyl (C=O) groups is 1. The first-order valence-corrected chi connectivity index (χ1v) is 7.01. The van der Waals surface area contributed by atoms with E-state index in [0.717, 1.165) is 6.66 Å². The fourth-order valence-corrected chi connectivity index (χ4v) is 1.71. The maximum atomic E-state index is 11.1. The van der Waals surface area contributed by atoms with Crippen LogP contribution in [0, 0.1) is 5.92 Å². The van der Waals surface area contributed by atoms with E-state index in [0.29, 0.717) is 19.4 Å². The second-order valence-corrected chi connectivity index (χ2v) is 5.46. The summed E-state index contributed by atoms with van der Waals surface area (Å²) >= 11 is 0. The summed E-state index contributed by atoms with van der Waals surface area (Å²) in [4.78, 5) is 21.9. The van der Waals surface area contributed by atoms with Gasteiger partial charge in [0.2, 0.25) is 0 Å². The molecule has 0 N–H and O–H groups in total. The number of rotatable bonds is 9. The highest BCUT2D eigenvalue weighted by molar-refractivity contribution is 7.50. The Morgan fingerprint density at radius 3 is 2.62 bits per heavy atom. The Labute approximate surface area is 97.5 Å². The van der Waals surface area contributed by atoms with Gasteiger partial charge in [0.25, 0.3) is 0 Å². The van der Waals surface area contributed by atoms with Crippen LogP contribution < -0.4 is 4.89 Å². The SMILES string of the molecule is [B]CC(=O)C[C@H](CCOP(C)(=O)[O-])COC. The molecular weight excluding hydrogens is 230 g/mol. The molecule has 0 amide bonds. The van der Waals surface area contributed by atoms with Crippen LogP contribution >= 0.6 is 7.60 Å². The van der Waals surface area contributed by atoms with Gasteiger partial charge in [-0.25, -0.2) is 0 Å². The third kappa shape index (κ3) is 9.10. The summed E-state index contributed by atoms with van der Waals surface area (Å²) in [7, 11) is 3.04. The second kappa shape index (κ2) is 8.01. The number of hydrogen-bond acceptors (Lipinski definition) is 5. The molecule has 5 nitrogen and oxygen atoms in total. The van der Waals surface area contributed by atoms with Crippen LogP contribution in [0.1, 0.15) is 12.8 Å². The molecule has 0 aliphatic heterocycles. The van der Waals surface area contributed by atoms with Crippen LogP contribution in [0.5, 0.6) is 0 Å². The quantitative estimate of drug-likeness (QED) is 0.435. The summed E-state index contributed by atoms with van der Waals surface area (Å²) in [6, 6.07) is 0. The first-order chi connectivity index (χ1) is 7.39. The summed E-state index contributed by atoms with van der Waals surface area (Å²) in [5.41, 5.74) is 0. The molecule has 1 unspecified atom stereocenters. The molecule has 92 valence electrons. The van der Waals surface area contributed by atoms with Crippen LogP contribution in [0.3, 0.4) is 0 Å². The van der Waals surface area contributed by atoms with Crippen molar-refractivity contribution in [1.29, 1.82) is 0 Å². The number of Topliss-reactive ketones (excluding diaryl/α,β-unsaturated/α-hetero) is 1. The van der Waals surface area contributed by atoms with Crippen molar-refractivity contribution >= 4 is 21.2 Å². The zero-order valence-electron chi connectivity index (χ0n) is 9.68. The minimum Gasteiger partial charge on any atom is -0.779 e. The molecule has 16 heavy (non-hydrogen) atoms. The van der Waals surface area contributed by atoms with Crippen LogP contribution in [0.4, 0.5) is 0 Å². The Hall–Kier alpha value is -0.155. The standard InChI is InChI=1S/C9H18BO5P/c1-14-7-8(5-9(11)6-10)3-4-15-16(2,12)13/h8H,3-7H2,1-2H3,(H,12,13)/p-1/t8-/m0/s1. The number of methoxy groups -OCH3 is 1. The normalized spacial score (nSPS) is 16.7. The van der Waals surface area contributed by atoms with Crippen LogP contribution in [0.25, 0.3) is 0 Å². The molecule has 7 heteroatoms. The van der Waals surface area contributed by atoms with Crippen LogP contribution in [0.2, 0.25) is 6.32 Å². The Morgan fingerprint density at radius 1 is 1.56 bits per heavy atom. The third-order valence-corrected chi connectivity index (χ3v) is 2.65. The lowest BCUT2D eigenvalue weighted by Crippen LogP contribution is -2.16. The van der Waals surface area contributed by atoms with Crippen LogP contribution in [0.15, 0.2) is 0 Å². The smallest absolute Gasteiger partial charge is 0.131 e. The van der Waals surface area contributed by atoms with Gasteiger partial charge in [0.05, 0.1) is 14.5 Å². The van der Waals surface area contributed by atoms with Gasteiger partial charge in [0.1, 0.15) is 13.4 Å². The summed E-state index contributed by atoms with van der Waals surface area (Å²) in [5, 5.41) is 0. The predicted molar refractivity (Wildman–Crippen MR) is 59.7 cm³/mol. The van der Waals surface area contributed by atoms with Gasteiger partial charge >= 0.3 is 0 Å². The van der Waals surface area contributed by atoms with Gasteiger partial charge in [0, 0.05) is 26.8 Å². The van der Waals surface area contributed by atoms with Gasteiger partial charge in [-0.2, -0.15) is 0 Å². The molecule has 0 bridgehead atoms. The van der Waals surface area contributed by atoms with Gasteiger partial charge in [-0.3, -0.25) is 0 Å². The fourth-order valence-electron chi connectivity index (χ4n) is 1.27. The van der Waals surface area contributed by atoms with E-state index in [4.69, 9.17) is 12.6 Å². The summed E-state index contributed by atoms with van der Waals surface area (Å²) in [6.45, 7) is 1.48. The third-order valence-electron chi connectivity index (χ3n) is 2.00. The van der Waals surface area contributed by atoms with Crippen molar-refractivity contribution in [2.24, 2.45) is 5.92 Å². The lowest BCUT2D eigenvalue weighted by atomic mass is 9.92. The molecule has 0 spiro atoms. The van der Waals surface area contributed by atoms with Crippen molar-refractivity contribution < 1.29 is 23.5 Å². The molecular formula is C9H17BO5P-. The molecule has 0 heterocycles. The number of ketones is 1. The van der Waals surface area contributed by atoms with Gasteiger partial charge in [-0.1, -0.05) is 0 Å². The predicted octanol–water partition coefficient (Wildman–Crippen LogP) is 0.385. The molecule has 0 saturated heterocycles. The monoisotopic (exact) mass is 247 g/mol. The Bertz CT molecular complexity index is 252. The van der Waals surface area contributed by atoms with E-state index in [9.17, 15) is 14.3 Å². The average Bonchev–Trinajstić information content (AvgIpc) is 2.15. The first-order valence-electron chi connectivity index (χ1n) is 5.02. The van der Waals surface area contributed by atoms with E-state index in [1.807, 2.05) is 0 Å². The molecule has 0 aliphatic carbocycles. The van der Waals surface area contributed by atoms with Crippen molar-refractivity contribution in [3.63, 3.8) is 0 Å². The molecule has 0 rings (SSSR count). The largest absolute Gasteiger partial charge is 0.779 e. The van der Waals surface area contributed by atoms with E-state index < -0.39 is 7.60 Å². The van der Waals surface area contributed by atoms with E-state index in [1.165, 1.54) is 7.11 Å². The van der Waals surface area contributed by atoms with Crippen molar-refractivity contribution in [1.82, 2.24) is 0 Å². The maximum Gasteiger partial charge on any atom is 0.131 e. The van der Waals surface area contributed by atoms with E-state index in [1.54, 1.807) is 0 Å². The number of carbonyl (C=O) groups excluding carboxylic acids is 1. The van der Waals surface area contributed by atoms with Crippen LogP contribution in [-0.2, 0) is 18.6 Å². The van der Waals surface area contributed by atoms with Gasteiger partial charge in [-0.05, 0) is 18.7 Å². The van der Waals surface area contributed by atoms with Crippen molar-refractivity contribution in [3.8, 4) is 0 Å². The van der Waals surface area contributed by atoms with E-state index in [-0.39, 0.29) is 24.6 Å². The number of hydrogen-bond donors (Lipinski definition) is 0. The molecule has 0 aromatic rings. The number of ether oxygens (including phenoxy) is 1. The van der Waals surface area contributed by atoms with Crippen molar-refractivity contribution in [2.75, 3.05) is 27.0 Å². The zero-order valence-corrected chi connectivity index (χ0v) is 10.6. The minimum absolute atomic E-state index is 0.00506. The zero-order chi connectivity index (χ0) is 12.6. The molecule has 0 saturated carbocycles. The Balaban J connectivity index is 3.94. The topological polar surface area (TPSA) is 75.7 Å². The molecule has 0 fully saturated rings. The molecule has 0 aromatic carbocycles. The van der Waals surface area contributed by atoms with E-state index >= 15 is 0 Å². The van der Waals surface area contributed by atoms with Crippen LogP contribution in [-0.4, -0.2) is 40.6 Å². The lowest BCUT2D eigenvalue weighted by Gasteiger charge is -2.20.